The predicted octanol–water partition coefficient (Wildman–Crippen LogP) is 4.42. The van der Waals surface area contributed by atoms with E-state index < -0.39 is 0 Å². The number of hydrogen-bond acceptors (Lipinski definition) is 4. The average Bonchev–Trinajstić information content (AvgIpc) is 3.21. The van der Waals surface area contributed by atoms with Crippen LogP contribution in [0.25, 0.3) is 10.9 Å². The first-order valence-corrected chi connectivity index (χ1v) is 9.13. The van der Waals surface area contributed by atoms with Crippen LogP contribution in [-0.4, -0.2) is 27.3 Å². The summed E-state index contributed by atoms with van der Waals surface area (Å²) in [4.78, 5) is 17.1. The highest BCUT2D eigenvalue weighted by atomic mass is 35.5. The van der Waals surface area contributed by atoms with Gasteiger partial charge in [-0.2, -0.15) is 5.10 Å². The molecule has 0 atom stereocenters. The highest BCUT2D eigenvalue weighted by Gasteiger charge is 2.13. The van der Waals surface area contributed by atoms with Gasteiger partial charge in [-0.25, -0.2) is 0 Å². The summed E-state index contributed by atoms with van der Waals surface area (Å²) in [7, 11) is 0. The molecule has 2 aromatic carbocycles. The SMILES string of the molecule is O=C(Nc1cccc(OCCn2cccn2)c1)c1cc(Cl)cc2cccnc12. The first kappa shape index (κ1) is 18.0. The third kappa shape index (κ3) is 4.13. The van der Waals surface area contributed by atoms with E-state index in [0.29, 0.717) is 40.7 Å². The first-order valence-electron chi connectivity index (χ1n) is 8.75. The summed E-state index contributed by atoms with van der Waals surface area (Å²) in [6.45, 7) is 1.12. The van der Waals surface area contributed by atoms with Gasteiger partial charge in [-0.05, 0) is 36.4 Å². The first-order chi connectivity index (χ1) is 13.7. The van der Waals surface area contributed by atoms with Crippen molar-refractivity contribution >= 4 is 34.1 Å². The van der Waals surface area contributed by atoms with Crippen molar-refractivity contribution in [3.63, 3.8) is 0 Å². The summed E-state index contributed by atoms with van der Waals surface area (Å²) in [6.07, 6.45) is 5.26. The lowest BCUT2D eigenvalue weighted by atomic mass is 10.1. The summed E-state index contributed by atoms with van der Waals surface area (Å²) in [6, 6.07) is 16.2. The van der Waals surface area contributed by atoms with Crippen molar-refractivity contribution in [2.45, 2.75) is 6.54 Å². The Hall–Kier alpha value is -3.38. The van der Waals surface area contributed by atoms with Crippen LogP contribution in [0.3, 0.4) is 0 Å². The van der Waals surface area contributed by atoms with E-state index in [2.05, 4.69) is 15.4 Å². The summed E-state index contributed by atoms with van der Waals surface area (Å²) in [5.74, 6) is 0.388. The largest absolute Gasteiger partial charge is 0.492 e. The molecule has 28 heavy (non-hydrogen) atoms. The van der Waals surface area contributed by atoms with Gasteiger partial charge in [0, 0.05) is 40.8 Å². The van der Waals surface area contributed by atoms with Crippen LogP contribution < -0.4 is 10.1 Å². The number of anilines is 1. The molecular weight excluding hydrogens is 376 g/mol. The van der Waals surface area contributed by atoms with Crippen LogP contribution in [0.4, 0.5) is 5.69 Å². The fourth-order valence-electron chi connectivity index (χ4n) is 2.88. The Morgan fingerprint density at radius 3 is 2.89 bits per heavy atom. The van der Waals surface area contributed by atoms with E-state index in [1.165, 1.54) is 0 Å². The summed E-state index contributed by atoms with van der Waals surface area (Å²) >= 11 is 6.16. The molecule has 0 saturated carbocycles. The van der Waals surface area contributed by atoms with Crippen LogP contribution >= 0.6 is 11.6 Å². The molecule has 140 valence electrons. The van der Waals surface area contributed by atoms with Crippen LogP contribution in [-0.2, 0) is 6.54 Å². The fraction of sp³-hybridized carbons (Fsp3) is 0.0952. The molecule has 4 rings (SSSR count). The van der Waals surface area contributed by atoms with E-state index in [4.69, 9.17) is 16.3 Å². The molecule has 0 aliphatic carbocycles. The minimum Gasteiger partial charge on any atom is -0.492 e. The molecule has 6 nitrogen and oxygen atoms in total. The van der Waals surface area contributed by atoms with Gasteiger partial charge >= 0.3 is 0 Å². The molecule has 1 amide bonds. The maximum absolute atomic E-state index is 12.8. The smallest absolute Gasteiger partial charge is 0.257 e. The number of fused-ring (bicyclic) bond motifs is 1. The number of rotatable bonds is 6. The molecule has 2 heterocycles. The number of aromatic nitrogens is 3. The van der Waals surface area contributed by atoms with Crippen LogP contribution in [0.1, 0.15) is 10.4 Å². The van der Waals surface area contributed by atoms with E-state index >= 15 is 0 Å². The van der Waals surface area contributed by atoms with Crippen molar-refractivity contribution in [1.29, 1.82) is 0 Å². The van der Waals surface area contributed by atoms with Crippen molar-refractivity contribution in [3.8, 4) is 5.75 Å². The van der Waals surface area contributed by atoms with E-state index in [1.807, 2.05) is 36.5 Å². The highest BCUT2D eigenvalue weighted by Crippen LogP contribution is 2.24. The third-order valence-electron chi connectivity index (χ3n) is 4.15. The van der Waals surface area contributed by atoms with E-state index in [9.17, 15) is 4.79 Å². The van der Waals surface area contributed by atoms with Crippen LogP contribution in [0.15, 0.2) is 73.2 Å². The molecule has 2 aromatic heterocycles. The second kappa shape index (κ2) is 8.10. The number of amides is 1. The number of hydrogen-bond donors (Lipinski definition) is 1. The molecule has 0 unspecified atom stereocenters. The number of halogens is 1. The number of nitrogens with zero attached hydrogens (tertiary/aromatic N) is 3. The Bertz CT molecular complexity index is 1110. The maximum atomic E-state index is 12.8. The minimum atomic E-state index is -0.278. The Morgan fingerprint density at radius 1 is 1.11 bits per heavy atom. The number of nitrogens with one attached hydrogen (secondary N) is 1. The van der Waals surface area contributed by atoms with Gasteiger partial charge in [0.2, 0.25) is 0 Å². The number of carbonyl (C=O) groups is 1. The number of benzene rings is 2. The van der Waals surface area contributed by atoms with Gasteiger partial charge in [-0.1, -0.05) is 23.7 Å². The normalized spacial score (nSPS) is 10.8. The molecule has 7 heteroatoms. The molecule has 0 spiro atoms. The van der Waals surface area contributed by atoms with Crippen molar-refractivity contribution in [3.05, 3.63) is 83.8 Å². The van der Waals surface area contributed by atoms with Crippen LogP contribution in [0, 0.1) is 0 Å². The minimum absolute atomic E-state index is 0.278. The Labute approximate surface area is 166 Å². The summed E-state index contributed by atoms with van der Waals surface area (Å²) < 4.78 is 7.55. The Balaban J connectivity index is 1.48. The van der Waals surface area contributed by atoms with Crippen LogP contribution in [0.2, 0.25) is 5.02 Å². The predicted molar refractivity (Wildman–Crippen MR) is 109 cm³/mol. The Morgan fingerprint density at radius 2 is 2.04 bits per heavy atom. The number of ether oxygens (including phenoxy) is 1. The number of pyridine rings is 1. The van der Waals surface area contributed by atoms with Gasteiger partial charge in [0.25, 0.3) is 5.91 Å². The molecule has 0 aliphatic heterocycles. The van der Waals surface area contributed by atoms with E-state index in [-0.39, 0.29) is 5.91 Å². The van der Waals surface area contributed by atoms with Crippen molar-refractivity contribution in [2.75, 3.05) is 11.9 Å². The quantitative estimate of drug-likeness (QED) is 0.527. The molecule has 0 aliphatic rings. The molecule has 4 aromatic rings. The van der Waals surface area contributed by atoms with Crippen molar-refractivity contribution in [2.24, 2.45) is 0 Å². The monoisotopic (exact) mass is 392 g/mol. The zero-order valence-electron chi connectivity index (χ0n) is 14.9. The molecule has 0 radical (unpaired) electrons. The molecular formula is C21H17ClN4O2. The van der Waals surface area contributed by atoms with Gasteiger partial charge in [0.15, 0.2) is 0 Å². The summed E-state index contributed by atoms with van der Waals surface area (Å²) in [5.41, 5.74) is 1.66. The lowest BCUT2D eigenvalue weighted by Gasteiger charge is -2.11. The molecule has 1 N–H and O–H groups in total. The summed E-state index contributed by atoms with van der Waals surface area (Å²) in [5, 5.41) is 8.32. The van der Waals surface area contributed by atoms with E-state index in [1.54, 1.807) is 41.3 Å². The lowest BCUT2D eigenvalue weighted by molar-refractivity contribution is 0.102. The standard InChI is InChI=1S/C21H17ClN4O2/c22-16-12-15-4-2-7-23-20(15)19(13-16)21(27)25-17-5-1-6-18(14-17)28-11-10-26-9-3-8-24-26/h1-9,12-14H,10-11H2,(H,25,27). The second-order valence-electron chi connectivity index (χ2n) is 6.13. The van der Waals surface area contributed by atoms with Crippen molar-refractivity contribution in [1.82, 2.24) is 14.8 Å². The van der Waals surface area contributed by atoms with Gasteiger partial charge < -0.3 is 10.1 Å². The fourth-order valence-corrected chi connectivity index (χ4v) is 3.11. The molecule has 0 fully saturated rings. The maximum Gasteiger partial charge on any atom is 0.257 e. The molecule has 0 bridgehead atoms. The van der Waals surface area contributed by atoms with Crippen molar-refractivity contribution < 1.29 is 9.53 Å². The van der Waals surface area contributed by atoms with Gasteiger partial charge in [0.1, 0.15) is 12.4 Å². The lowest BCUT2D eigenvalue weighted by Crippen LogP contribution is -2.13. The van der Waals surface area contributed by atoms with Gasteiger partial charge in [-0.15, -0.1) is 0 Å². The zero-order chi connectivity index (χ0) is 19.3. The third-order valence-corrected chi connectivity index (χ3v) is 4.37. The molecule has 0 saturated heterocycles. The van der Waals surface area contributed by atoms with Gasteiger partial charge in [-0.3, -0.25) is 14.5 Å². The van der Waals surface area contributed by atoms with E-state index in [0.717, 1.165) is 5.39 Å². The van der Waals surface area contributed by atoms with Crippen LogP contribution in [0.5, 0.6) is 5.75 Å². The average molecular weight is 393 g/mol. The topological polar surface area (TPSA) is 69.0 Å². The second-order valence-corrected chi connectivity index (χ2v) is 6.56. The number of carbonyl (C=O) groups excluding carboxylic acids is 1. The zero-order valence-corrected chi connectivity index (χ0v) is 15.6. The van der Waals surface area contributed by atoms with Gasteiger partial charge in [0.05, 0.1) is 17.6 Å². The highest BCUT2D eigenvalue weighted by molar-refractivity contribution is 6.32. The Kier molecular flexibility index (Phi) is 5.21.